The molecule has 1 rings (SSSR count). The van der Waals surface area contributed by atoms with Crippen molar-refractivity contribution in [3.05, 3.63) is 23.3 Å². The van der Waals surface area contributed by atoms with Gasteiger partial charge in [-0.3, -0.25) is 0 Å². The summed E-state index contributed by atoms with van der Waals surface area (Å²) in [4.78, 5) is 0. The van der Waals surface area contributed by atoms with E-state index in [2.05, 4.69) is 0 Å². The molecule has 0 aliphatic carbocycles. The summed E-state index contributed by atoms with van der Waals surface area (Å²) >= 11 is 0. The van der Waals surface area contributed by atoms with E-state index in [1.165, 1.54) is 0 Å². The van der Waals surface area contributed by atoms with Crippen molar-refractivity contribution in [3.63, 3.8) is 0 Å². The topological polar surface area (TPSA) is 52.0 Å². The number of benzene rings is 1. The Morgan fingerprint density at radius 3 is 1.25 bits per heavy atom. The fourth-order valence-corrected chi connectivity index (χ4v) is 1.13. The lowest BCUT2D eigenvalue weighted by atomic mass is 10.1. The molecule has 0 atom stereocenters. The van der Waals surface area contributed by atoms with E-state index in [0.29, 0.717) is 6.07 Å². The Morgan fingerprint density at radius 1 is 0.688 bits per heavy atom. The maximum Gasteiger partial charge on any atom is 0.418 e. The molecule has 0 fully saturated rings. The van der Waals surface area contributed by atoms with E-state index in [1.807, 2.05) is 0 Å². The molecule has 0 aliphatic rings. The van der Waals surface area contributed by atoms with Gasteiger partial charge in [0.15, 0.2) is 0 Å². The monoisotopic (exact) mass is 244 g/mol. The second-order valence-electron chi connectivity index (χ2n) is 3.02. The number of nitrogen functional groups attached to an aromatic ring is 2. The Labute approximate surface area is 85.8 Å². The standard InChI is InChI=1S/C8H6F6N2/c9-7(10,11)3-1-4(8(12,13)14)6(16)2-5(3)15/h1-2H,15-16H2. The van der Waals surface area contributed by atoms with E-state index in [1.54, 1.807) is 0 Å². The van der Waals surface area contributed by atoms with Gasteiger partial charge in [-0.05, 0) is 12.1 Å². The van der Waals surface area contributed by atoms with Crippen molar-refractivity contribution >= 4 is 11.4 Å². The Balaban J connectivity index is 3.45. The number of hydrogen-bond donors (Lipinski definition) is 2. The van der Waals surface area contributed by atoms with Gasteiger partial charge in [0.25, 0.3) is 0 Å². The van der Waals surface area contributed by atoms with Crippen molar-refractivity contribution in [2.75, 3.05) is 11.5 Å². The molecule has 0 radical (unpaired) electrons. The number of nitrogens with two attached hydrogens (primary N) is 2. The molecule has 4 N–H and O–H groups in total. The van der Waals surface area contributed by atoms with Crippen LogP contribution < -0.4 is 11.5 Å². The zero-order valence-electron chi connectivity index (χ0n) is 7.58. The van der Waals surface area contributed by atoms with Crippen LogP contribution in [0, 0.1) is 0 Å². The highest BCUT2D eigenvalue weighted by atomic mass is 19.4. The van der Waals surface area contributed by atoms with Crippen molar-refractivity contribution in [3.8, 4) is 0 Å². The molecule has 0 unspecified atom stereocenters. The van der Waals surface area contributed by atoms with Crippen LogP contribution in [0.15, 0.2) is 12.1 Å². The van der Waals surface area contributed by atoms with Crippen molar-refractivity contribution in [2.45, 2.75) is 12.4 Å². The second-order valence-corrected chi connectivity index (χ2v) is 3.02. The predicted molar refractivity (Wildman–Crippen MR) is 45.3 cm³/mol. The minimum Gasteiger partial charge on any atom is -0.398 e. The van der Waals surface area contributed by atoms with E-state index in [4.69, 9.17) is 11.5 Å². The lowest BCUT2D eigenvalue weighted by molar-refractivity contribution is -0.142. The molecule has 1 aromatic rings. The Morgan fingerprint density at radius 2 is 1.00 bits per heavy atom. The minimum absolute atomic E-state index is 0.0926. The van der Waals surface area contributed by atoms with Gasteiger partial charge in [0, 0.05) is 11.4 Å². The van der Waals surface area contributed by atoms with Crippen LogP contribution in [0.5, 0.6) is 0 Å². The Bertz CT molecular complexity index is 371. The van der Waals surface area contributed by atoms with Crippen LogP contribution >= 0.6 is 0 Å². The van der Waals surface area contributed by atoms with Crippen molar-refractivity contribution in [1.29, 1.82) is 0 Å². The molecule has 0 saturated heterocycles. The molecule has 16 heavy (non-hydrogen) atoms. The van der Waals surface area contributed by atoms with Crippen molar-refractivity contribution < 1.29 is 26.3 Å². The minimum atomic E-state index is -4.95. The Hall–Kier alpha value is -1.60. The molecule has 90 valence electrons. The van der Waals surface area contributed by atoms with E-state index in [0.717, 1.165) is 0 Å². The molecule has 0 aromatic heterocycles. The smallest absolute Gasteiger partial charge is 0.398 e. The summed E-state index contributed by atoms with van der Waals surface area (Å²) in [6.07, 6.45) is -9.89. The van der Waals surface area contributed by atoms with Gasteiger partial charge in [0.2, 0.25) is 0 Å². The number of halogens is 6. The van der Waals surface area contributed by atoms with Gasteiger partial charge in [-0.15, -0.1) is 0 Å². The van der Waals surface area contributed by atoms with Gasteiger partial charge in [-0.25, -0.2) is 0 Å². The SMILES string of the molecule is Nc1cc(N)c(C(F)(F)F)cc1C(F)(F)F. The van der Waals surface area contributed by atoms with E-state index in [-0.39, 0.29) is 6.07 Å². The second kappa shape index (κ2) is 3.46. The molecule has 0 amide bonds. The molecule has 8 heteroatoms. The third kappa shape index (κ3) is 2.31. The summed E-state index contributed by atoms with van der Waals surface area (Å²) in [7, 11) is 0. The third-order valence-corrected chi connectivity index (χ3v) is 1.83. The summed E-state index contributed by atoms with van der Waals surface area (Å²) in [6.45, 7) is 0. The number of alkyl halides is 6. The zero-order chi connectivity index (χ0) is 12.7. The Kier molecular flexibility index (Phi) is 2.70. The van der Waals surface area contributed by atoms with E-state index in [9.17, 15) is 26.3 Å². The first-order valence-electron chi connectivity index (χ1n) is 3.87. The van der Waals surface area contributed by atoms with Gasteiger partial charge in [-0.2, -0.15) is 26.3 Å². The largest absolute Gasteiger partial charge is 0.418 e. The first-order valence-corrected chi connectivity index (χ1v) is 3.87. The predicted octanol–water partition coefficient (Wildman–Crippen LogP) is 2.89. The normalized spacial score (nSPS) is 12.9. The van der Waals surface area contributed by atoms with E-state index >= 15 is 0 Å². The van der Waals surface area contributed by atoms with Crippen molar-refractivity contribution in [2.24, 2.45) is 0 Å². The first kappa shape index (κ1) is 12.5. The average molecular weight is 244 g/mol. The fourth-order valence-electron chi connectivity index (χ4n) is 1.13. The van der Waals surface area contributed by atoms with Gasteiger partial charge >= 0.3 is 12.4 Å². The van der Waals surface area contributed by atoms with Gasteiger partial charge < -0.3 is 11.5 Å². The van der Waals surface area contributed by atoms with Crippen molar-refractivity contribution in [1.82, 2.24) is 0 Å². The summed E-state index contributed by atoms with van der Waals surface area (Å²) in [5, 5.41) is 0. The maximum absolute atomic E-state index is 12.3. The zero-order valence-corrected chi connectivity index (χ0v) is 7.58. The lowest BCUT2D eigenvalue weighted by Gasteiger charge is -2.15. The maximum atomic E-state index is 12.3. The van der Waals surface area contributed by atoms with E-state index < -0.39 is 34.9 Å². The summed E-state index contributed by atoms with van der Waals surface area (Å²) < 4.78 is 73.6. The first-order chi connectivity index (χ1) is 7.03. The molecule has 0 spiro atoms. The fraction of sp³-hybridized carbons (Fsp3) is 0.250. The lowest BCUT2D eigenvalue weighted by Crippen LogP contribution is -2.15. The highest BCUT2D eigenvalue weighted by molar-refractivity contribution is 5.62. The van der Waals surface area contributed by atoms with Crippen LogP contribution in [0.25, 0.3) is 0 Å². The van der Waals surface area contributed by atoms with Crippen LogP contribution in [-0.2, 0) is 12.4 Å². The number of hydrogen-bond acceptors (Lipinski definition) is 2. The quantitative estimate of drug-likeness (QED) is 0.544. The molecular weight excluding hydrogens is 238 g/mol. The van der Waals surface area contributed by atoms with Crippen LogP contribution in [0.1, 0.15) is 11.1 Å². The van der Waals surface area contributed by atoms with Crippen LogP contribution in [0.3, 0.4) is 0 Å². The molecule has 2 nitrogen and oxygen atoms in total. The number of rotatable bonds is 0. The van der Waals surface area contributed by atoms with Crippen LogP contribution in [0.4, 0.5) is 37.7 Å². The molecule has 1 aromatic carbocycles. The van der Waals surface area contributed by atoms with Gasteiger partial charge in [0.05, 0.1) is 11.1 Å². The number of anilines is 2. The molecule has 0 saturated carbocycles. The molecule has 0 aliphatic heterocycles. The van der Waals surface area contributed by atoms with Gasteiger partial charge in [0.1, 0.15) is 0 Å². The summed E-state index contributed by atoms with van der Waals surface area (Å²) in [5.41, 5.74) is 5.14. The molecular formula is C8H6F6N2. The molecule has 0 bridgehead atoms. The third-order valence-electron chi connectivity index (χ3n) is 1.83. The highest BCUT2D eigenvalue weighted by Crippen LogP contribution is 2.41. The van der Waals surface area contributed by atoms with Crippen LogP contribution in [0.2, 0.25) is 0 Å². The highest BCUT2D eigenvalue weighted by Gasteiger charge is 2.39. The van der Waals surface area contributed by atoms with Crippen LogP contribution in [-0.4, -0.2) is 0 Å². The summed E-state index contributed by atoms with van der Waals surface area (Å²) in [6, 6.07) is 0.357. The summed E-state index contributed by atoms with van der Waals surface area (Å²) in [5.74, 6) is 0. The van der Waals surface area contributed by atoms with Gasteiger partial charge in [-0.1, -0.05) is 0 Å². The average Bonchev–Trinajstić information content (AvgIpc) is 1.97. The molecule has 0 heterocycles.